The highest BCUT2D eigenvalue weighted by molar-refractivity contribution is 7.95. The molecule has 53 heavy (non-hydrogen) atoms. The number of methoxy groups -OCH3 is 1. The first kappa shape index (κ1) is 37.2. The molecule has 3 aliphatic heterocycles. The molecule has 11 nitrogen and oxygen atoms in total. The highest BCUT2D eigenvalue weighted by atomic mass is 32.2. The van der Waals surface area contributed by atoms with Crippen molar-refractivity contribution in [2.75, 3.05) is 41.3 Å². The number of hydrogen-bond acceptors (Lipinski definition) is 8. The summed E-state index contributed by atoms with van der Waals surface area (Å²) in [6, 6.07) is 12.8. The quantitative estimate of drug-likeness (QED) is 0.149. The van der Waals surface area contributed by atoms with E-state index in [2.05, 4.69) is 88.4 Å². The number of nitrogens with zero attached hydrogens (tertiary/aromatic N) is 7. The highest BCUT2D eigenvalue weighted by Crippen LogP contribution is 2.47. The van der Waals surface area contributed by atoms with E-state index in [9.17, 15) is 9.59 Å². The van der Waals surface area contributed by atoms with Crippen LogP contribution in [0.1, 0.15) is 116 Å². The molecular weight excluding hydrogens is 685 g/mol. The lowest BCUT2D eigenvalue weighted by Crippen LogP contribution is -2.54. The third-order valence-corrected chi connectivity index (χ3v) is 11.8. The van der Waals surface area contributed by atoms with Gasteiger partial charge in [0.1, 0.15) is 5.75 Å². The van der Waals surface area contributed by atoms with Crippen molar-refractivity contribution >= 4 is 46.5 Å². The number of fused-ring (bicyclic) bond motifs is 7. The molecule has 2 amide bonds. The summed E-state index contributed by atoms with van der Waals surface area (Å²) in [5, 5.41) is 10.5. The lowest BCUT2D eigenvalue weighted by atomic mass is 9.86. The molecule has 5 heterocycles. The Bertz CT molecular complexity index is 2030. The van der Waals surface area contributed by atoms with Gasteiger partial charge in [0.2, 0.25) is 0 Å². The second kappa shape index (κ2) is 15.3. The summed E-state index contributed by atoms with van der Waals surface area (Å²) in [5.41, 5.74) is 8.31. The van der Waals surface area contributed by atoms with Gasteiger partial charge in [0, 0.05) is 71.0 Å². The molecule has 282 valence electrons. The number of ether oxygens (including phenoxy) is 1. The molecule has 7 rings (SSSR count). The van der Waals surface area contributed by atoms with E-state index in [1.165, 1.54) is 17.7 Å². The standard InChI is InChI=1S/C41H54N8O3S/c1-9-11-26(12-10-2)36-34-17-13-27(40(50)43-53-45(5)6)21-35(34)47-22-29(19-28-20-32(52-8)16-18-33(28)39(36)47)38-37(42-44-49(38)25(3)4)41(51)48-30-14-15-31(48)24-46(7)23-30/h13,16-21,25-26,30-31H,9-12,14-15,22-24H2,1-8H3,(H,43,50). The number of benzene rings is 2. The summed E-state index contributed by atoms with van der Waals surface area (Å²) in [6.07, 6.45) is 8.48. The minimum atomic E-state index is -0.146. The number of piperazine rings is 1. The third-order valence-electron chi connectivity index (χ3n) is 11.1. The molecule has 4 aromatic rings. The summed E-state index contributed by atoms with van der Waals surface area (Å²) in [7, 11) is 7.65. The molecule has 0 spiro atoms. The molecule has 2 saturated heterocycles. The maximum Gasteiger partial charge on any atom is 0.277 e. The first-order valence-corrected chi connectivity index (χ1v) is 20.0. The average Bonchev–Trinajstić information content (AvgIpc) is 3.76. The Kier molecular flexibility index (Phi) is 10.7. The van der Waals surface area contributed by atoms with Gasteiger partial charge in [-0.15, -0.1) is 5.10 Å². The van der Waals surface area contributed by atoms with Gasteiger partial charge in [0.15, 0.2) is 5.69 Å². The maximum absolute atomic E-state index is 14.7. The maximum atomic E-state index is 14.7. The number of carbonyl (C=O) groups is 2. The van der Waals surface area contributed by atoms with Crippen molar-refractivity contribution < 1.29 is 14.3 Å². The Morgan fingerprint density at radius 1 is 1.02 bits per heavy atom. The number of rotatable bonds is 12. The van der Waals surface area contributed by atoms with Crippen LogP contribution in [0.4, 0.5) is 0 Å². The number of hydrogen-bond donors (Lipinski definition) is 1. The van der Waals surface area contributed by atoms with Gasteiger partial charge in [-0.25, -0.2) is 8.99 Å². The second-order valence-corrected chi connectivity index (χ2v) is 16.6. The fourth-order valence-electron chi connectivity index (χ4n) is 8.92. The predicted octanol–water partition coefficient (Wildman–Crippen LogP) is 7.50. The molecule has 2 bridgehead atoms. The lowest BCUT2D eigenvalue weighted by Gasteiger charge is -2.39. The zero-order chi connectivity index (χ0) is 37.6. The van der Waals surface area contributed by atoms with Crippen molar-refractivity contribution in [3.05, 3.63) is 64.5 Å². The van der Waals surface area contributed by atoms with Crippen LogP contribution in [0, 0.1) is 0 Å². The topological polar surface area (TPSA) is 101 Å². The molecule has 3 aliphatic rings. The Balaban J connectivity index is 1.47. The molecule has 2 aromatic carbocycles. The molecule has 2 fully saturated rings. The van der Waals surface area contributed by atoms with E-state index in [1.54, 1.807) is 7.11 Å². The monoisotopic (exact) mass is 738 g/mol. The van der Waals surface area contributed by atoms with E-state index in [0.717, 1.165) is 96.4 Å². The van der Waals surface area contributed by atoms with Crippen molar-refractivity contribution in [3.8, 4) is 17.0 Å². The SMILES string of the molecule is CCCC(CCC)c1c2n(c3cc(C(=O)NSN(C)C)ccc13)CC(c1c(C(=O)N3C4CCC3CN(C)C4)nnn1C(C)C)=Cc1cc(OC)ccc1-2. The van der Waals surface area contributed by atoms with Gasteiger partial charge >= 0.3 is 0 Å². The predicted molar refractivity (Wildman–Crippen MR) is 214 cm³/mol. The molecule has 1 N–H and O–H groups in total. The Morgan fingerprint density at radius 2 is 1.74 bits per heavy atom. The normalized spacial score (nSPS) is 18.5. The van der Waals surface area contributed by atoms with E-state index in [0.29, 0.717) is 23.7 Å². The molecule has 0 aliphatic carbocycles. The summed E-state index contributed by atoms with van der Waals surface area (Å²) in [5.74, 6) is 0.914. The van der Waals surface area contributed by atoms with Gasteiger partial charge in [-0.1, -0.05) is 38.0 Å². The van der Waals surface area contributed by atoms with Crippen molar-refractivity contribution in [3.63, 3.8) is 0 Å². The number of nitrogens with one attached hydrogen (secondary N) is 1. The van der Waals surface area contributed by atoms with Crippen LogP contribution in [0.25, 0.3) is 33.8 Å². The zero-order valence-electron chi connectivity index (χ0n) is 32.5. The van der Waals surface area contributed by atoms with Gasteiger partial charge < -0.3 is 19.1 Å². The highest BCUT2D eigenvalue weighted by Gasteiger charge is 2.44. The minimum Gasteiger partial charge on any atom is -0.497 e. The molecule has 2 atom stereocenters. The molecule has 0 radical (unpaired) electrons. The van der Waals surface area contributed by atoms with Gasteiger partial charge in [-0.2, -0.15) is 0 Å². The van der Waals surface area contributed by atoms with Crippen LogP contribution in [0.2, 0.25) is 0 Å². The largest absolute Gasteiger partial charge is 0.497 e. The first-order valence-electron chi connectivity index (χ1n) is 19.2. The van der Waals surface area contributed by atoms with Crippen molar-refractivity contribution in [1.29, 1.82) is 0 Å². The van der Waals surface area contributed by atoms with E-state index in [4.69, 9.17) is 4.74 Å². The van der Waals surface area contributed by atoms with Crippen LogP contribution < -0.4 is 9.46 Å². The van der Waals surface area contributed by atoms with Crippen molar-refractivity contribution in [2.24, 2.45) is 0 Å². The van der Waals surface area contributed by atoms with Gasteiger partial charge in [0.05, 0.1) is 25.0 Å². The van der Waals surface area contributed by atoms with E-state index in [1.807, 2.05) is 41.3 Å². The molecular formula is C41H54N8O3S. The lowest BCUT2D eigenvalue weighted by molar-refractivity contribution is 0.0466. The van der Waals surface area contributed by atoms with E-state index < -0.39 is 0 Å². The number of likely N-dealkylation sites (N-methyl/N-ethyl adjacent to an activating group) is 1. The van der Waals surface area contributed by atoms with Crippen molar-refractivity contribution in [1.82, 2.24) is 38.4 Å². The Hall–Kier alpha value is -4.13. The smallest absolute Gasteiger partial charge is 0.277 e. The van der Waals surface area contributed by atoms with Crippen LogP contribution >= 0.6 is 12.1 Å². The first-order chi connectivity index (χ1) is 25.5. The van der Waals surface area contributed by atoms with Gasteiger partial charge in [-0.05, 0) is 114 Å². The summed E-state index contributed by atoms with van der Waals surface area (Å²) in [6.45, 7) is 10.9. The number of amides is 2. The Labute approximate surface area is 318 Å². The van der Waals surface area contributed by atoms with Crippen LogP contribution in [-0.4, -0.2) is 98.9 Å². The van der Waals surface area contributed by atoms with Gasteiger partial charge in [-0.3, -0.25) is 14.3 Å². The number of allylic oxidation sites excluding steroid dienone is 1. The van der Waals surface area contributed by atoms with Crippen LogP contribution in [0.15, 0.2) is 36.4 Å². The van der Waals surface area contributed by atoms with Gasteiger partial charge in [0.25, 0.3) is 11.8 Å². The van der Waals surface area contributed by atoms with Crippen molar-refractivity contribution in [2.45, 2.75) is 96.8 Å². The summed E-state index contributed by atoms with van der Waals surface area (Å²) < 4.78 is 14.9. The number of aromatic nitrogens is 4. The molecule has 12 heteroatoms. The second-order valence-electron chi connectivity index (χ2n) is 15.5. The third kappa shape index (κ3) is 6.89. The fourth-order valence-corrected chi connectivity index (χ4v) is 9.31. The van der Waals surface area contributed by atoms with Crippen LogP contribution in [-0.2, 0) is 6.54 Å². The minimum absolute atomic E-state index is 0.0309. The van der Waals surface area contributed by atoms with Crippen LogP contribution in [0.3, 0.4) is 0 Å². The number of carbonyl (C=O) groups excluding carboxylic acids is 2. The Morgan fingerprint density at radius 3 is 2.38 bits per heavy atom. The molecule has 2 unspecified atom stereocenters. The average molecular weight is 739 g/mol. The molecule has 2 aromatic heterocycles. The van der Waals surface area contributed by atoms with E-state index in [-0.39, 0.29) is 29.9 Å². The molecule has 0 saturated carbocycles. The summed E-state index contributed by atoms with van der Waals surface area (Å²) >= 11 is 1.26. The fraction of sp³-hybridized carbons (Fsp3) is 0.512. The zero-order valence-corrected chi connectivity index (χ0v) is 33.3. The van der Waals surface area contributed by atoms with E-state index >= 15 is 0 Å². The summed E-state index contributed by atoms with van der Waals surface area (Å²) in [4.78, 5) is 32.6. The van der Waals surface area contributed by atoms with Crippen LogP contribution in [0.5, 0.6) is 5.75 Å². The number of likely N-dealkylation sites (tertiary alicyclic amines) is 1.